The van der Waals surface area contributed by atoms with Crippen LogP contribution in [0.4, 0.5) is 35.7 Å². The number of nitrogen functional groups attached to an aromatic ring is 6. The second kappa shape index (κ2) is 17.9. The summed E-state index contributed by atoms with van der Waals surface area (Å²) in [5, 5.41) is 0. The fourth-order valence-electron chi connectivity index (χ4n) is 2.29. The topological polar surface area (TPSA) is 379 Å². The monoisotopic (exact) mass is 678 g/mol. The van der Waals surface area contributed by atoms with Crippen molar-refractivity contribution in [2.75, 3.05) is 34.4 Å². The highest BCUT2D eigenvalue weighted by Crippen LogP contribution is 1.98. The quantitative estimate of drug-likeness (QED) is 0.0914. The van der Waals surface area contributed by atoms with Crippen molar-refractivity contribution in [2.45, 2.75) is 20.8 Å². The number of aryl methyl sites for hydroxylation is 3. The van der Waals surface area contributed by atoms with Gasteiger partial charge in [0.05, 0.1) is 0 Å². The molecular weight excluding hydrogens is 649 g/mol. The van der Waals surface area contributed by atoms with Gasteiger partial charge in [-0.25, -0.2) is 0 Å². The highest BCUT2D eigenvalue weighted by molar-refractivity contribution is 7.71. The number of hydrogen-bond acceptors (Lipinski definition) is 18. The number of nitrogens with two attached hydrogens (primary N) is 6. The molecule has 0 spiro atoms. The van der Waals surface area contributed by atoms with Crippen molar-refractivity contribution in [3.63, 3.8) is 0 Å². The van der Waals surface area contributed by atoms with Crippen LogP contribution in [-0.4, -0.2) is 59.8 Å². The van der Waals surface area contributed by atoms with Gasteiger partial charge in [-0.2, -0.15) is 29.9 Å². The largest absolute Gasteiger partial charge is 0.368 e. The van der Waals surface area contributed by atoms with Gasteiger partial charge in [0.15, 0.2) is 14.3 Å². The van der Waals surface area contributed by atoms with E-state index in [1.165, 1.54) is 0 Å². The molecule has 24 heteroatoms. The molecule has 0 saturated heterocycles. The summed E-state index contributed by atoms with van der Waals surface area (Å²) in [6.45, 7) is 5.14. The van der Waals surface area contributed by atoms with E-state index in [9.17, 15) is 14.4 Å². The van der Waals surface area contributed by atoms with Gasteiger partial charge < -0.3 is 49.4 Å². The van der Waals surface area contributed by atoms with E-state index in [0.717, 1.165) is 0 Å². The zero-order valence-electron chi connectivity index (χ0n) is 23.8. The summed E-state index contributed by atoms with van der Waals surface area (Å²) in [4.78, 5) is 68.4. The van der Waals surface area contributed by atoms with Crippen LogP contribution in [0.15, 0.2) is 33.0 Å². The minimum atomic E-state index is -0.126. The van der Waals surface area contributed by atoms with Crippen LogP contribution in [0.25, 0.3) is 0 Å². The van der Waals surface area contributed by atoms with E-state index in [2.05, 4.69) is 96.5 Å². The van der Waals surface area contributed by atoms with E-state index in [0.29, 0.717) is 31.0 Å². The summed E-state index contributed by atoms with van der Waals surface area (Å²) in [6.07, 6.45) is 4.75. The van der Waals surface area contributed by atoms with Crippen molar-refractivity contribution in [1.82, 2.24) is 59.8 Å². The summed E-state index contributed by atoms with van der Waals surface area (Å²) in [5.41, 5.74) is 32.4. The van der Waals surface area contributed by atoms with E-state index in [-0.39, 0.29) is 52.4 Å². The van der Waals surface area contributed by atoms with Gasteiger partial charge in [0.25, 0.3) is 16.7 Å². The number of aromatic nitrogens is 12. The summed E-state index contributed by atoms with van der Waals surface area (Å²) < 4.78 is 1.10. The van der Waals surface area contributed by atoms with E-state index in [4.69, 9.17) is 34.4 Å². The third kappa shape index (κ3) is 15.2. The highest BCUT2D eigenvalue weighted by Gasteiger charge is 1.95. The molecule has 21 nitrogen and oxygen atoms in total. The standard InChI is InChI=1S/3C5H6N2OS.2C3H6N6/c3*1-3-2-6-5(9)7-4(3)8;2*4-1-7-2(5)9-3(6)8-1/h3*2H,1H3,(H2,6,7,8,9);2*(H6,4,5,6,7,8,9). The molecule has 0 unspecified atom stereocenters. The fourth-order valence-corrected chi connectivity index (χ4v) is 2.74. The molecule has 5 heterocycles. The lowest BCUT2D eigenvalue weighted by atomic mass is 10.4. The lowest BCUT2D eigenvalue weighted by molar-refractivity contribution is 1.05. The molecule has 0 saturated carbocycles. The number of rotatable bonds is 0. The van der Waals surface area contributed by atoms with Gasteiger partial charge in [0.1, 0.15) is 0 Å². The van der Waals surface area contributed by atoms with Crippen molar-refractivity contribution in [2.24, 2.45) is 0 Å². The van der Waals surface area contributed by atoms with Crippen LogP contribution in [0.2, 0.25) is 0 Å². The molecule has 18 N–H and O–H groups in total. The van der Waals surface area contributed by atoms with Crippen LogP contribution in [0.5, 0.6) is 0 Å². The Hall–Kier alpha value is -5.88. The van der Waals surface area contributed by atoms with Crippen LogP contribution in [-0.2, 0) is 0 Å². The zero-order valence-corrected chi connectivity index (χ0v) is 26.3. The lowest BCUT2D eigenvalue weighted by Crippen LogP contribution is -2.09. The Morgan fingerprint density at radius 2 is 0.622 bits per heavy atom. The first-order valence-electron chi connectivity index (χ1n) is 11.9. The van der Waals surface area contributed by atoms with Gasteiger partial charge in [-0.05, 0) is 57.4 Å². The summed E-state index contributed by atoms with van der Waals surface area (Å²) in [5.74, 6) is 0.250. The molecule has 240 valence electrons. The van der Waals surface area contributed by atoms with Crippen molar-refractivity contribution >= 4 is 72.3 Å². The first-order valence-corrected chi connectivity index (χ1v) is 13.1. The van der Waals surface area contributed by atoms with Crippen LogP contribution in [0.1, 0.15) is 16.7 Å². The fraction of sp³-hybridized carbons (Fsp3) is 0.143. The Morgan fingerprint density at radius 3 is 0.756 bits per heavy atom. The lowest BCUT2D eigenvalue weighted by Gasteiger charge is -1.93. The molecule has 0 radical (unpaired) electrons. The number of hydrogen-bond donors (Lipinski definition) is 12. The maximum absolute atomic E-state index is 10.7. The Morgan fingerprint density at radius 1 is 0.444 bits per heavy atom. The maximum atomic E-state index is 10.7. The summed E-state index contributed by atoms with van der Waals surface area (Å²) in [6, 6.07) is 0. The van der Waals surface area contributed by atoms with Crippen molar-refractivity contribution < 1.29 is 0 Å². The van der Waals surface area contributed by atoms with E-state index in [1.807, 2.05) is 0 Å². The Labute approximate surface area is 267 Å². The molecule has 0 fully saturated rings. The molecule has 5 aromatic rings. The molecule has 0 bridgehead atoms. The van der Waals surface area contributed by atoms with Crippen molar-refractivity contribution in [3.05, 3.63) is 80.7 Å². The number of anilines is 6. The number of aromatic amines is 6. The Balaban J connectivity index is 0.000000281. The van der Waals surface area contributed by atoms with Gasteiger partial charge in [-0.3, -0.25) is 29.3 Å². The first kappa shape index (κ1) is 37.1. The number of nitrogens with one attached hydrogen (secondary N) is 6. The molecule has 0 aromatic carbocycles. The SMILES string of the molecule is Cc1c[nH]c(=S)[nH]c1=O.Cc1c[nH]c(=S)[nH]c1=O.Cc1c[nH]c(=S)[nH]c1=O.Nc1nc(N)nc(N)n1.Nc1nc(N)nc(N)n1. The third-order valence-electron chi connectivity index (χ3n) is 4.39. The molecule has 5 aromatic heterocycles. The van der Waals surface area contributed by atoms with Crippen LogP contribution in [0.3, 0.4) is 0 Å². The molecule has 0 aliphatic carbocycles. The molecule has 0 amide bonds. The zero-order chi connectivity index (χ0) is 34.3. The molecular formula is C21H30N18O3S3. The Bertz CT molecular complexity index is 1760. The average molecular weight is 679 g/mol. The van der Waals surface area contributed by atoms with Gasteiger partial charge in [-0.1, -0.05) is 0 Å². The Kier molecular flexibility index (Phi) is 14.8. The normalized spacial score (nSPS) is 9.40. The molecule has 45 heavy (non-hydrogen) atoms. The summed E-state index contributed by atoms with van der Waals surface area (Å²) in [7, 11) is 0. The average Bonchev–Trinajstić information content (AvgIpc) is 2.91. The minimum Gasteiger partial charge on any atom is -0.368 e. The van der Waals surface area contributed by atoms with Gasteiger partial charge in [-0.15, -0.1) is 0 Å². The van der Waals surface area contributed by atoms with E-state index in [1.54, 1.807) is 39.4 Å². The third-order valence-corrected chi connectivity index (χ3v) is 5.05. The predicted octanol–water partition coefficient (Wildman–Crippen LogP) is -0.541. The molecule has 0 aliphatic rings. The maximum Gasteiger partial charge on any atom is 0.254 e. The van der Waals surface area contributed by atoms with E-state index < -0.39 is 0 Å². The van der Waals surface area contributed by atoms with Gasteiger partial charge in [0.2, 0.25) is 35.7 Å². The van der Waals surface area contributed by atoms with Crippen molar-refractivity contribution in [3.8, 4) is 0 Å². The number of H-pyrrole nitrogens is 6. The van der Waals surface area contributed by atoms with Crippen molar-refractivity contribution in [1.29, 1.82) is 0 Å². The summed E-state index contributed by atoms with van der Waals surface area (Å²) >= 11 is 13.9. The van der Waals surface area contributed by atoms with Gasteiger partial charge in [0, 0.05) is 35.3 Å². The van der Waals surface area contributed by atoms with E-state index >= 15 is 0 Å². The smallest absolute Gasteiger partial charge is 0.254 e. The molecule has 0 atom stereocenters. The predicted molar refractivity (Wildman–Crippen MR) is 177 cm³/mol. The first-order chi connectivity index (χ1) is 21.0. The molecule has 0 aliphatic heterocycles. The minimum absolute atomic E-state index is 0.0417. The second-order valence-corrected chi connectivity index (χ2v) is 9.31. The van der Waals surface area contributed by atoms with Crippen LogP contribution >= 0.6 is 36.7 Å². The second-order valence-electron chi connectivity index (χ2n) is 8.08. The highest BCUT2D eigenvalue weighted by atomic mass is 32.1. The van der Waals surface area contributed by atoms with Gasteiger partial charge >= 0.3 is 0 Å². The van der Waals surface area contributed by atoms with Crippen LogP contribution in [0, 0.1) is 35.1 Å². The molecule has 5 rings (SSSR count). The van der Waals surface area contributed by atoms with Crippen LogP contribution < -0.4 is 51.1 Å². The number of nitrogens with zero attached hydrogens (tertiary/aromatic N) is 6.